The van der Waals surface area contributed by atoms with Crippen molar-refractivity contribution in [2.75, 3.05) is 12.0 Å². The van der Waals surface area contributed by atoms with E-state index in [1.807, 2.05) is 6.92 Å². The summed E-state index contributed by atoms with van der Waals surface area (Å²) in [6, 6.07) is 14.8. The minimum Gasteiger partial charge on any atom is -0.507 e. The fourth-order valence-electron chi connectivity index (χ4n) is 5.00. The monoisotopic (exact) mass is 543 g/mol. The van der Waals surface area contributed by atoms with Crippen LogP contribution in [0.1, 0.15) is 29.7 Å². The zero-order chi connectivity index (χ0) is 27.4. The number of nitro groups is 1. The van der Waals surface area contributed by atoms with Crippen LogP contribution in [0.15, 0.2) is 66.2 Å². The average Bonchev–Trinajstić information content (AvgIpc) is 3.59. The molecule has 0 unspecified atom stereocenters. The predicted molar refractivity (Wildman–Crippen MR) is 144 cm³/mol. The number of rotatable bonds is 5. The highest BCUT2D eigenvalue weighted by molar-refractivity contribution is 7.22. The molecule has 1 N–H and O–H groups in total. The summed E-state index contributed by atoms with van der Waals surface area (Å²) in [5, 5.41) is 23.2. The number of amides is 1. The largest absolute Gasteiger partial charge is 0.507 e. The van der Waals surface area contributed by atoms with Gasteiger partial charge in [-0.2, -0.15) is 0 Å². The van der Waals surface area contributed by atoms with Crippen molar-refractivity contribution in [3.05, 3.63) is 93.0 Å². The standard InChI is InChI=1S/C28H21N3O7S/c1-14-10-17-11-16(6-9-21(17)38-14)25(32)23-24(15-4-3-5-18(12-15)31(35)36)30(27(34)26(23)33)28-29-20-8-7-19(37-2)13-22(20)39-28/h3-9,11-14,24,32H,10H2,1-2H3/b25-23+/t14-,24+/m1/s1. The number of aliphatic hydroxyl groups excluding tert-OH is 1. The van der Waals surface area contributed by atoms with Crippen molar-refractivity contribution in [3.63, 3.8) is 0 Å². The van der Waals surface area contributed by atoms with Gasteiger partial charge in [-0.1, -0.05) is 23.5 Å². The summed E-state index contributed by atoms with van der Waals surface area (Å²) in [5.41, 5.74) is 1.70. The zero-order valence-electron chi connectivity index (χ0n) is 20.8. The fourth-order valence-corrected chi connectivity index (χ4v) is 6.02. The lowest BCUT2D eigenvalue weighted by atomic mass is 9.94. The first kappa shape index (κ1) is 24.6. The van der Waals surface area contributed by atoms with E-state index < -0.39 is 22.7 Å². The number of carbonyl (C=O) groups excluding carboxylic acids is 2. The van der Waals surface area contributed by atoms with E-state index in [9.17, 15) is 24.8 Å². The molecule has 3 aromatic carbocycles. The highest BCUT2D eigenvalue weighted by Crippen LogP contribution is 2.45. The van der Waals surface area contributed by atoms with Gasteiger partial charge in [-0.3, -0.25) is 24.6 Å². The molecule has 2 aliphatic rings. The summed E-state index contributed by atoms with van der Waals surface area (Å²) < 4.78 is 11.8. The number of Topliss-reactive ketones (excluding diaryl/α,β-unsaturated/α-hetero) is 1. The van der Waals surface area contributed by atoms with Crippen molar-refractivity contribution < 1.29 is 29.1 Å². The molecule has 1 amide bonds. The Morgan fingerprint density at radius 1 is 1.18 bits per heavy atom. The van der Waals surface area contributed by atoms with Gasteiger partial charge in [0.25, 0.3) is 11.5 Å². The van der Waals surface area contributed by atoms with Crippen molar-refractivity contribution in [1.82, 2.24) is 4.98 Å². The van der Waals surface area contributed by atoms with Gasteiger partial charge in [-0.05, 0) is 54.4 Å². The first-order chi connectivity index (χ1) is 18.7. The number of carbonyl (C=O) groups is 2. The Kier molecular flexibility index (Phi) is 5.80. The van der Waals surface area contributed by atoms with E-state index in [0.717, 1.165) is 10.3 Å². The third-order valence-electron chi connectivity index (χ3n) is 6.80. The molecular formula is C28H21N3O7S. The van der Waals surface area contributed by atoms with Gasteiger partial charge in [0, 0.05) is 24.1 Å². The number of ether oxygens (including phenoxy) is 2. The molecule has 2 aliphatic heterocycles. The molecule has 0 spiro atoms. The fraction of sp³-hybridized carbons (Fsp3) is 0.179. The minimum atomic E-state index is -1.14. The SMILES string of the molecule is COc1ccc2nc(N3C(=O)C(=O)/C(=C(/O)c4ccc5c(c4)C[C@@H](C)O5)[C@@H]3c3cccc([N+](=O)[O-])c3)sc2c1. The second kappa shape index (κ2) is 9.21. The van der Waals surface area contributed by atoms with Gasteiger partial charge in [0.2, 0.25) is 0 Å². The third-order valence-corrected chi connectivity index (χ3v) is 7.82. The zero-order valence-corrected chi connectivity index (χ0v) is 21.6. The Balaban J connectivity index is 1.55. The van der Waals surface area contributed by atoms with Crippen molar-refractivity contribution in [2.24, 2.45) is 0 Å². The lowest BCUT2D eigenvalue weighted by molar-refractivity contribution is -0.384. The molecule has 0 saturated carbocycles. The number of hydrogen-bond acceptors (Lipinski definition) is 9. The molecule has 2 atom stereocenters. The lowest BCUT2D eigenvalue weighted by Crippen LogP contribution is -2.29. The van der Waals surface area contributed by atoms with E-state index in [1.165, 1.54) is 41.5 Å². The van der Waals surface area contributed by atoms with Crippen LogP contribution in [0, 0.1) is 10.1 Å². The molecule has 1 aromatic heterocycles. The van der Waals surface area contributed by atoms with Gasteiger partial charge >= 0.3 is 5.91 Å². The Morgan fingerprint density at radius 3 is 2.77 bits per heavy atom. The first-order valence-electron chi connectivity index (χ1n) is 12.0. The van der Waals surface area contributed by atoms with Crippen LogP contribution >= 0.6 is 11.3 Å². The normalized spacial score (nSPS) is 19.8. The summed E-state index contributed by atoms with van der Waals surface area (Å²) in [5.74, 6) is -0.884. The number of hydrogen-bond donors (Lipinski definition) is 1. The van der Waals surface area contributed by atoms with Crippen LogP contribution in [-0.4, -0.2) is 39.9 Å². The number of ketones is 1. The van der Waals surface area contributed by atoms with E-state index in [2.05, 4.69) is 4.98 Å². The summed E-state index contributed by atoms with van der Waals surface area (Å²) >= 11 is 1.17. The number of benzene rings is 3. The summed E-state index contributed by atoms with van der Waals surface area (Å²) in [6.45, 7) is 1.93. The van der Waals surface area contributed by atoms with E-state index >= 15 is 0 Å². The van der Waals surface area contributed by atoms with Gasteiger partial charge < -0.3 is 14.6 Å². The number of aliphatic hydroxyl groups is 1. The molecule has 0 radical (unpaired) electrons. The van der Waals surface area contributed by atoms with Gasteiger partial charge in [-0.15, -0.1) is 0 Å². The number of thiazole rings is 1. The summed E-state index contributed by atoms with van der Waals surface area (Å²) in [4.78, 5) is 43.8. The highest BCUT2D eigenvalue weighted by atomic mass is 32.1. The van der Waals surface area contributed by atoms with Crippen molar-refractivity contribution >= 4 is 49.8 Å². The number of fused-ring (bicyclic) bond motifs is 2. The molecule has 0 bridgehead atoms. The van der Waals surface area contributed by atoms with E-state index in [-0.39, 0.29) is 28.3 Å². The second-order valence-corrected chi connectivity index (χ2v) is 10.3. The van der Waals surface area contributed by atoms with Crippen molar-refractivity contribution in [1.29, 1.82) is 0 Å². The third kappa shape index (κ3) is 4.07. The maximum Gasteiger partial charge on any atom is 0.301 e. The van der Waals surface area contributed by atoms with Gasteiger partial charge in [-0.25, -0.2) is 4.98 Å². The topological polar surface area (TPSA) is 132 Å². The van der Waals surface area contributed by atoms with Crippen LogP contribution < -0.4 is 14.4 Å². The van der Waals surface area contributed by atoms with Crippen LogP contribution in [0.25, 0.3) is 16.0 Å². The van der Waals surface area contributed by atoms with Gasteiger partial charge in [0.05, 0.1) is 33.9 Å². The number of non-ortho nitro benzene ring substituents is 1. The molecular weight excluding hydrogens is 522 g/mol. The Labute approximate surface area is 225 Å². The number of anilines is 1. The van der Waals surface area contributed by atoms with Crippen molar-refractivity contribution in [3.8, 4) is 11.5 Å². The van der Waals surface area contributed by atoms with E-state index in [0.29, 0.717) is 34.6 Å². The molecule has 1 saturated heterocycles. The molecule has 4 aromatic rings. The summed E-state index contributed by atoms with van der Waals surface area (Å²) in [6.07, 6.45) is 0.611. The van der Waals surface area contributed by atoms with Crippen LogP contribution in [0.3, 0.4) is 0 Å². The molecule has 3 heterocycles. The molecule has 196 valence electrons. The minimum absolute atomic E-state index is 0.0227. The number of nitro benzene ring substituents is 1. The molecule has 6 rings (SSSR count). The number of aromatic nitrogens is 1. The van der Waals surface area contributed by atoms with Crippen LogP contribution in [0.2, 0.25) is 0 Å². The van der Waals surface area contributed by atoms with Gasteiger partial charge in [0.15, 0.2) is 5.13 Å². The maximum absolute atomic E-state index is 13.5. The second-order valence-electron chi connectivity index (χ2n) is 9.31. The Morgan fingerprint density at radius 2 is 2.00 bits per heavy atom. The van der Waals surface area contributed by atoms with Crippen LogP contribution in [0.4, 0.5) is 10.8 Å². The first-order valence-corrected chi connectivity index (χ1v) is 12.9. The predicted octanol–water partition coefficient (Wildman–Crippen LogP) is 5.16. The summed E-state index contributed by atoms with van der Waals surface area (Å²) in [7, 11) is 1.54. The molecule has 11 heteroatoms. The van der Waals surface area contributed by atoms with Crippen LogP contribution in [0.5, 0.6) is 11.5 Å². The lowest BCUT2D eigenvalue weighted by Gasteiger charge is -2.22. The highest BCUT2D eigenvalue weighted by Gasteiger charge is 2.48. The molecule has 0 aliphatic carbocycles. The number of methoxy groups -OCH3 is 1. The molecule has 10 nitrogen and oxygen atoms in total. The van der Waals surface area contributed by atoms with Gasteiger partial charge in [0.1, 0.15) is 23.4 Å². The quantitative estimate of drug-likeness (QED) is 0.120. The Hall–Kier alpha value is -4.77. The van der Waals surface area contributed by atoms with Crippen LogP contribution in [-0.2, 0) is 16.0 Å². The Bertz CT molecular complexity index is 1730. The van der Waals surface area contributed by atoms with Crippen molar-refractivity contribution in [2.45, 2.75) is 25.5 Å². The number of nitrogens with zero attached hydrogens (tertiary/aromatic N) is 3. The smallest absolute Gasteiger partial charge is 0.301 e. The maximum atomic E-state index is 13.5. The van der Waals surface area contributed by atoms with E-state index in [1.54, 1.807) is 42.5 Å². The van der Waals surface area contributed by atoms with E-state index in [4.69, 9.17) is 9.47 Å². The average molecular weight is 544 g/mol. The molecule has 1 fully saturated rings. The molecule has 39 heavy (non-hydrogen) atoms.